The normalized spacial score (nSPS) is 25.4. The Balaban J connectivity index is 1.42. The van der Waals surface area contributed by atoms with Crippen LogP contribution in [0, 0.1) is 11.3 Å². The highest BCUT2D eigenvalue weighted by atomic mass is 19.4. The SMILES string of the molecule is O=C(c1cc(C(F)(F)F)[nH]n1)N1CCC2(CC1)CC(O)CN(CC1CC1)C2=O. The molecule has 1 saturated carbocycles. The third-order valence-electron chi connectivity index (χ3n) is 6.08. The van der Waals surface area contributed by atoms with E-state index in [1.165, 1.54) is 4.90 Å². The van der Waals surface area contributed by atoms with Crippen molar-refractivity contribution in [2.45, 2.75) is 44.4 Å². The number of aliphatic hydroxyl groups excluding tert-OH is 1. The van der Waals surface area contributed by atoms with Crippen molar-refractivity contribution in [3.63, 3.8) is 0 Å². The number of carbonyl (C=O) groups excluding carboxylic acids is 2. The zero-order valence-electron chi connectivity index (χ0n) is 15.3. The van der Waals surface area contributed by atoms with Gasteiger partial charge in [0.15, 0.2) is 5.69 Å². The van der Waals surface area contributed by atoms with E-state index in [0.717, 1.165) is 12.8 Å². The first-order chi connectivity index (χ1) is 13.2. The largest absolute Gasteiger partial charge is 0.432 e. The summed E-state index contributed by atoms with van der Waals surface area (Å²) in [6.45, 7) is 1.53. The fourth-order valence-electron chi connectivity index (χ4n) is 4.34. The molecule has 1 aliphatic carbocycles. The standard InChI is InChI=1S/C18H23F3N4O3/c19-18(20,21)14-7-13(22-23-14)15(27)24-5-3-17(4-6-24)8-12(26)10-25(16(17)28)9-11-1-2-11/h7,11-12,26H,1-6,8-10H2,(H,22,23). The van der Waals surface area contributed by atoms with E-state index in [9.17, 15) is 27.9 Å². The first-order valence-electron chi connectivity index (χ1n) is 9.57. The minimum atomic E-state index is -4.59. The molecule has 2 aliphatic heterocycles. The second kappa shape index (κ2) is 6.75. The van der Waals surface area contributed by atoms with Crippen LogP contribution in [0.15, 0.2) is 6.07 Å². The van der Waals surface area contributed by atoms with Gasteiger partial charge in [0.25, 0.3) is 5.91 Å². The van der Waals surface area contributed by atoms with Crippen LogP contribution in [0.2, 0.25) is 0 Å². The third kappa shape index (κ3) is 3.61. The van der Waals surface area contributed by atoms with Crippen LogP contribution in [0.1, 0.15) is 48.3 Å². The van der Waals surface area contributed by atoms with Gasteiger partial charge in [0.2, 0.25) is 5.91 Å². The minimum absolute atomic E-state index is 0.0379. The van der Waals surface area contributed by atoms with Crippen molar-refractivity contribution in [1.29, 1.82) is 0 Å². The van der Waals surface area contributed by atoms with E-state index in [2.05, 4.69) is 5.10 Å². The van der Waals surface area contributed by atoms with E-state index >= 15 is 0 Å². The summed E-state index contributed by atoms with van der Waals surface area (Å²) in [5.41, 5.74) is -2.04. The summed E-state index contributed by atoms with van der Waals surface area (Å²) in [7, 11) is 0. The molecule has 10 heteroatoms. The smallest absolute Gasteiger partial charge is 0.391 e. The summed E-state index contributed by atoms with van der Waals surface area (Å²) in [6, 6.07) is 0.708. The number of rotatable bonds is 3. The summed E-state index contributed by atoms with van der Waals surface area (Å²) in [4.78, 5) is 28.7. The van der Waals surface area contributed by atoms with Gasteiger partial charge >= 0.3 is 6.18 Å². The number of nitrogens with one attached hydrogen (secondary N) is 1. The summed E-state index contributed by atoms with van der Waals surface area (Å²) in [5, 5.41) is 15.6. The number of aromatic amines is 1. The molecule has 4 rings (SSSR count). The fraction of sp³-hybridized carbons (Fsp3) is 0.722. The van der Waals surface area contributed by atoms with E-state index in [4.69, 9.17) is 0 Å². The van der Waals surface area contributed by atoms with Gasteiger partial charge in [-0.15, -0.1) is 0 Å². The Morgan fingerprint density at radius 3 is 2.57 bits per heavy atom. The van der Waals surface area contributed by atoms with E-state index in [0.29, 0.717) is 44.3 Å². The van der Waals surface area contributed by atoms with Crippen molar-refractivity contribution < 1.29 is 27.9 Å². The molecule has 1 aromatic rings. The Kier molecular flexibility index (Phi) is 4.64. The summed E-state index contributed by atoms with van der Waals surface area (Å²) in [5.74, 6) is -0.0216. The second-order valence-electron chi connectivity index (χ2n) is 8.25. The molecule has 1 aromatic heterocycles. The van der Waals surface area contributed by atoms with Crippen molar-refractivity contribution in [1.82, 2.24) is 20.0 Å². The number of amides is 2. The molecule has 2 amide bonds. The molecule has 28 heavy (non-hydrogen) atoms. The summed E-state index contributed by atoms with van der Waals surface area (Å²) in [6.07, 6.45) is -1.79. The monoisotopic (exact) mass is 400 g/mol. The third-order valence-corrected chi connectivity index (χ3v) is 6.08. The van der Waals surface area contributed by atoms with Gasteiger partial charge in [0.1, 0.15) is 5.69 Å². The summed E-state index contributed by atoms with van der Waals surface area (Å²) >= 11 is 0. The van der Waals surface area contributed by atoms with Gasteiger partial charge in [-0.2, -0.15) is 18.3 Å². The average molecular weight is 400 g/mol. The number of H-pyrrole nitrogens is 1. The van der Waals surface area contributed by atoms with Crippen molar-refractivity contribution in [2.24, 2.45) is 11.3 Å². The van der Waals surface area contributed by atoms with Gasteiger partial charge in [-0.1, -0.05) is 0 Å². The predicted molar refractivity (Wildman–Crippen MR) is 91.1 cm³/mol. The van der Waals surface area contributed by atoms with Crippen LogP contribution in [0.25, 0.3) is 0 Å². The molecule has 3 heterocycles. The maximum absolute atomic E-state index is 13.0. The van der Waals surface area contributed by atoms with Crippen LogP contribution in [0.4, 0.5) is 13.2 Å². The van der Waals surface area contributed by atoms with Gasteiger partial charge in [-0.25, -0.2) is 0 Å². The number of alkyl halides is 3. The van der Waals surface area contributed by atoms with Gasteiger partial charge < -0.3 is 14.9 Å². The lowest BCUT2D eigenvalue weighted by Gasteiger charge is -2.47. The molecule has 2 N–H and O–H groups in total. The van der Waals surface area contributed by atoms with Crippen LogP contribution in [-0.2, 0) is 11.0 Å². The quantitative estimate of drug-likeness (QED) is 0.808. The lowest BCUT2D eigenvalue weighted by atomic mass is 9.70. The van der Waals surface area contributed by atoms with Crippen molar-refractivity contribution in [3.05, 3.63) is 17.5 Å². The number of aromatic nitrogens is 2. The number of piperidine rings is 2. The van der Waals surface area contributed by atoms with Crippen LogP contribution in [0.5, 0.6) is 0 Å². The molecule has 1 unspecified atom stereocenters. The molecular formula is C18H23F3N4O3. The van der Waals surface area contributed by atoms with E-state index in [-0.39, 0.29) is 24.7 Å². The molecule has 3 aliphatic rings. The Hall–Kier alpha value is -2.10. The molecule has 0 radical (unpaired) electrons. The molecule has 154 valence electrons. The number of hydrogen-bond donors (Lipinski definition) is 2. The highest BCUT2D eigenvalue weighted by Gasteiger charge is 2.49. The van der Waals surface area contributed by atoms with Gasteiger partial charge in [-0.05, 0) is 38.0 Å². The number of nitrogens with zero attached hydrogens (tertiary/aromatic N) is 3. The second-order valence-corrected chi connectivity index (χ2v) is 8.25. The maximum atomic E-state index is 13.0. The Bertz CT molecular complexity index is 764. The van der Waals surface area contributed by atoms with Crippen molar-refractivity contribution in [3.8, 4) is 0 Å². The lowest BCUT2D eigenvalue weighted by molar-refractivity contribution is -0.156. The zero-order chi connectivity index (χ0) is 20.1. The van der Waals surface area contributed by atoms with E-state index < -0.39 is 29.3 Å². The summed E-state index contributed by atoms with van der Waals surface area (Å²) < 4.78 is 38.1. The van der Waals surface area contributed by atoms with Crippen molar-refractivity contribution in [2.75, 3.05) is 26.2 Å². The first-order valence-corrected chi connectivity index (χ1v) is 9.57. The lowest BCUT2D eigenvalue weighted by Crippen LogP contribution is -2.58. The molecule has 3 fully saturated rings. The number of carbonyl (C=O) groups is 2. The number of β-amino-alcohol motifs (C(OH)–C–C–N with tert-alkyl or cyclic N) is 1. The Morgan fingerprint density at radius 2 is 2.00 bits per heavy atom. The number of hydrogen-bond acceptors (Lipinski definition) is 4. The van der Waals surface area contributed by atoms with Crippen LogP contribution in [-0.4, -0.2) is 69.2 Å². The van der Waals surface area contributed by atoms with Crippen molar-refractivity contribution >= 4 is 11.8 Å². The molecule has 1 spiro atoms. The molecular weight excluding hydrogens is 377 g/mol. The molecule has 2 saturated heterocycles. The van der Waals surface area contributed by atoms with Crippen LogP contribution < -0.4 is 0 Å². The molecule has 7 nitrogen and oxygen atoms in total. The Labute approximate surface area is 159 Å². The molecule has 0 aromatic carbocycles. The first kappa shape index (κ1) is 19.2. The van der Waals surface area contributed by atoms with Gasteiger partial charge in [0.05, 0.1) is 11.5 Å². The van der Waals surface area contributed by atoms with Gasteiger partial charge in [-0.3, -0.25) is 14.7 Å². The van der Waals surface area contributed by atoms with Crippen LogP contribution in [0.3, 0.4) is 0 Å². The highest BCUT2D eigenvalue weighted by Crippen LogP contribution is 2.42. The van der Waals surface area contributed by atoms with E-state index in [1.54, 1.807) is 4.90 Å². The maximum Gasteiger partial charge on any atom is 0.432 e. The van der Waals surface area contributed by atoms with Gasteiger partial charge in [0, 0.05) is 32.2 Å². The van der Waals surface area contributed by atoms with E-state index in [1.807, 2.05) is 5.10 Å². The van der Waals surface area contributed by atoms with Crippen LogP contribution >= 0.6 is 0 Å². The number of likely N-dealkylation sites (tertiary alicyclic amines) is 2. The fourth-order valence-corrected chi connectivity index (χ4v) is 4.34. The zero-order valence-corrected chi connectivity index (χ0v) is 15.3. The average Bonchev–Trinajstić information content (AvgIpc) is 3.29. The predicted octanol–water partition coefficient (Wildman–Crippen LogP) is 1.65. The minimum Gasteiger partial charge on any atom is -0.391 e. The number of aliphatic hydroxyl groups is 1. The Morgan fingerprint density at radius 1 is 1.32 bits per heavy atom. The molecule has 0 bridgehead atoms. The molecule has 1 atom stereocenters. The number of halogens is 3. The highest BCUT2D eigenvalue weighted by molar-refractivity contribution is 5.93. The topological polar surface area (TPSA) is 89.5 Å².